The van der Waals surface area contributed by atoms with Crippen molar-refractivity contribution in [2.45, 2.75) is 30.8 Å². The van der Waals surface area contributed by atoms with E-state index in [-0.39, 0.29) is 22.7 Å². The fourth-order valence-electron chi connectivity index (χ4n) is 2.33. The molecule has 152 valence electrons. The van der Waals surface area contributed by atoms with Crippen LogP contribution in [0.5, 0.6) is 0 Å². The Balaban J connectivity index is 2.24. The highest BCUT2D eigenvalue weighted by Gasteiger charge is 2.34. The Morgan fingerprint density at radius 3 is 2.46 bits per heavy atom. The summed E-state index contributed by atoms with van der Waals surface area (Å²) in [5.74, 6) is -0.885. The first-order chi connectivity index (χ1) is 13.1. The first kappa shape index (κ1) is 22.2. The number of hydrogen-bond donors (Lipinski definition) is 2. The van der Waals surface area contributed by atoms with E-state index < -0.39 is 32.7 Å². The van der Waals surface area contributed by atoms with Crippen molar-refractivity contribution in [3.05, 3.63) is 58.6 Å². The molecular weight excluding hydrogens is 417 g/mol. The van der Waals surface area contributed by atoms with E-state index in [9.17, 15) is 26.4 Å². The third-order valence-corrected chi connectivity index (χ3v) is 5.64. The van der Waals surface area contributed by atoms with Crippen LogP contribution in [0.4, 0.5) is 18.9 Å². The Morgan fingerprint density at radius 2 is 1.82 bits per heavy atom. The lowest BCUT2D eigenvalue weighted by Gasteiger charge is -2.13. The zero-order chi connectivity index (χ0) is 20.9. The molecule has 0 aromatic heterocycles. The van der Waals surface area contributed by atoms with Crippen molar-refractivity contribution in [1.29, 1.82) is 0 Å². The van der Waals surface area contributed by atoms with Gasteiger partial charge in [0.15, 0.2) is 0 Å². The van der Waals surface area contributed by atoms with Gasteiger partial charge in [0, 0.05) is 12.2 Å². The molecular formula is C18H18ClF3N2O3S. The predicted molar refractivity (Wildman–Crippen MR) is 101 cm³/mol. The number of unbranched alkanes of at least 4 members (excludes halogenated alkanes) is 1. The van der Waals surface area contributed by atoms with Crippen molar-refractivity contribution in [3.63, 3.8) is 0 Å². The summed E-state index contributed by atoms with van der Waals surface area (Å²) in [6.45, 7) is 2.19. The molecule has 0 unspecified atom stereocenters. The van der Waals surface area contributed by atoms with E-state index in [0.29, 0.717) is 6.42 Å². The number of sulfonamides is 1. The van der Waals surface area contributed by atoms with E-state index in [0.717, 1.165) is 24.6 Å². The van der Waals surface area contributed by atoms with Gasteiger partial charge in [0.1, 0.15) is 0 Å². The predicted octanol–water partition coefficient (Wildman–Crippen LogP) is 4.69. The highest BCUT2D eigenvalue weighted by Crippen LogP contribution is 2.36. The smallest absolute Gasteiger partial charge is 0.322 e. The Labute approximate surface area is 166 Å². The summed E-state index contributed by atoms with van der Waals surface area (Å²) in [7, 11) is -3.77. The van der Waals surface area contributed by atoms with Crippen molar-refractivity contribution in [2.75, 3.05) is 11.9 Å². The molecule has 0 bridgehead atoms. The van der Waals surface area contributed by atoms with Crippen LogP contribution in [0.15, 0.2) is 47.4 Å². The lowest BCUT2D eigenvalue weighted by atomic mass is 10.1. The zero-order valence-corrected chi connectivity index (χ0v) is 16.4. The minimum atomic E-state index is -4.70. The molecule has 5 nitrogen and oxygen atoms in total. The maximum absolute atomic E-state index is 12.9. The van der Waals surface area contributed by atoms with Gasteiger partial charge in [0.25, 0.3) is 5.91 Å². The minimum absolute atomic E-state index is 0.0726. The molecule has 0 spiro atoms. The van der Waals surface area contributed by atoms with E-state index in [4.69, 9.17) is 11.6 Å². The van der Waals surface area contributed by atoms with E-state index in [1.165, 1.54) is 24.3 Å². The third kappa shape index (κ3) is 5.46. The second-order valence-electron chi connectivity index (χ2n) is 5.90. The molecule has 0 heterocycles. The molecule has 0 saturated carbocycles. The van der Waals surface area contributed by atoms with Crippen LogP contribution in [0, 0.1) is 0 Å². The fourth-order valence-corrected chi connectivity index (χ4v) is 3.77. The molecule has 1 amide bonds. The van der Waals surface area contributed by atoms with Gasteiger partial charge in [0.05, 0.1) is 21.0 Å². The quantitative estimate of drug-likeness (QED) is 0.621. The molecule has 0 aliphatic rings. The summed E-state index contributed by atoms with van der Waals surface area (Å²) in [6, 6.07) is 8.40. The van der Waals surface area contributed by atoms with Gasteiger partial charge in [-0.25, -0.2) is 13.1 Å². The molecule has 2 aromatic carbocycles. The Morgan fingerprint density at radius 1 is 1.14 bits per heavy atom. The first-order valence-corrected chi connectivity index (χ1v) is 10.2. The second kappa shape index (κ2) is 8.93. The van der Waals surface area contributed by atoms with Gasteiger partial charge < -0.3 is 5.32 Å². The number of alkyl halides is 3. The van der Waals surface area contributed by atoms with Crippen molar-refractivity contribution in [1.82, 2.24) is 4.72 Å². The second-order valence-corrected chi connectivity index (χ2v) is 8.04. The fraction of sp³-hybridized carbons (Fsp3) is 0.278. The largest absolute Gasteiger partial charge is 0.417 e. The van der Waals surface area contributed by atoms with Crippen molar-refractivity contribution in [3.8, 4) is 0 Å². The molecule has 2 rings (SSSR count). The summed E-state index contributed by atoms with van der Waals surface area (Å²) in [5, 5.41) is 1.65. The van der Waals surface area contributed by atoms with Crippen molar-refractivity contribution < 1.29 is 26.4 Å². The third-order valence-electron chi connectivity index (χ3n) is 3.77. The molecule has 0 aliphatic carbocycles. The molecule has 0 aliphatic heterocycles. The number of hydrogen-bond acceptors (Lipinski definition) is 3. The molecule has 2 aromatic rings. The molecule has 0 atom stereocenters. The lowest BCUT2D eigenvalue weighted by Crippen LogP contribution is -2.25. The number of carbonyl (C=O) groups is 1. The van der Waals surface area contributed by atoms with Crippen LogP contribution in [0.3, 0.4) is 0 Å². The van der Waals surface area contributed by atoms with Crippen LogP contribution in [0.1, 0.15) is 35.7 Å². The first-order valence-electron chi connectivity index (χ1n) is 8.33. The van der Waals surface area contributed by atoms with Crippen LogP contribution < -0.4 is 10.0 Å². The van der Waals surface area contributed by atoms with Crippen LogP contribution in [0.25, 0.3) is 0 Å². The maximum Gasteiger partial charge on any atom is 0.417 e. The number of carbonyl (C=O) groups excluding carboxylic acids is 1. The normalized spacial score (nSPS) is 12.0. The number of benzene rings is 2. The lowest BCUT2D eigenvalue weighted by molar-refractivity contribution is -0.137. The monoisotopic (exact) mass is 434 g/mol. The SMILES string of the molecule is CCCCNS(=O)(=O)c1cccc(NC(=O)c2cccc(C(F)(F)F)c2Cl)c1. The van der Waals surface area contributed by atoms with Crippen LogP contribution in [-0.2, 0) is 16.2 Å². The molecule has 0 radical (unpaired) electrons. The Bertz CT molecular complexity index is 963. The van der Waals surface area contributed by atoms with E-state index in [1.54, 1.807) is 0 Å². The van der Waals surface area contributed by atoms with Crippen molar-refractivity contribution >= 4 is 33.2 Å². The van der Waals surface area contributed by atoms with Crippen molar-refractivity contribution in [2.24, 2.45) is 0 Å². The molecule has 28 heavy (non-hydrogen) atoms. The van der Waals surface area contributed by atoms with Gasteiger partial charge in [-0.2, -0.15) is 13.2 Å². The topological polar surface area (TPSA) is 75.3 Å². The van der Waals surface area contributed by atoms with E-state index >= 15 is 0 Å². The molecule has 2 N–H and O–H groups in total. The minimum Gasteiger partial charge on any atom is -0.322 e. The standard InChI is InChI=1S/C18H18ClF3N2O3S/c1-2-3-10-23-28(26,27)13-7-4-6-12(11-13)24-17(25)14-8-5-9-15(16(14)19)18(20,21)22/h4-9,11,23H,2-3,10H2,1H3,(H,24,25). The summed E-state index contributed by atoms with van der Waals surface area (Å²) in [5.41, 5.74) is -1.39. The average Bonchev–Trinajstić information content (AvgIpc) is 2.61. The molecule has 0 saturated heterocycles. The van der Waals surface area contributed by atoms with Gasteiger partial charge in [-0.3, -0.25) is 4.79 Å². The van der Waals surface area contributed by atoms with E-state index in [1.807, 2.05) is 6.92 Å². The van der Waals surface area contributed by atoms with Gasteiger partial charge in [-0.1, -0.05) is 37.1 Å². The Kier molecular flexibility index (Phi) is 7.08. The summed E-state index contributed by atoms with van der Waals surface area (Å²) in [4.78, 5) is 12.3. The Hall–Kier alpha value is -2.10. The number of amides is 1. The average molecular weight is 435 g/mol. The zero-order valence-electron chi connectivity index (χ0n) is 14.8. The number of nitrogens with one attached hydrogen (secondary N) is 2. The number of rotatable bonds is 7. The van der Waals surface area contributed by atoms with Gasteiger partial charge in [-0.15, -0.1) is 0 Å². The summed E-state index contributed by atoms with van der Waals surface area (Å²) in [6.07, 6.45) is -3.22. The highest BCUT2D eigenvalue weighted by molar-refractivity contribution is 7.89. The number of halogens is 4. The summed E-state index contributed by atoms with van der Waals surface area (Å²) >= 11 is 5.74. The maximum atomic E-state index is 12.9. The van der Waals surface area contributed by atoms with Crippen LogP contribution >= 0.6 is 11.6 Å². The molecule has 0 fully saturated rings. The van der Waals surface area contributed by atoms with Crippen LogP contribution in [-0.4, -0.2) is 20.9 Å². The van der Waals surface area contributed by atoms with Gasteiger partial charge in [0.2, 0.25) is 10.0 Å². The van der Waals surface area contributed by atoms with Crippen LogP contribution in [0.2, 0.25) is 5.02 Å². The van der Waals surface area contributed by atoms with Gasteiger partial charge in [-0.05, 0) is 36.8 Å². The highest BCUT2D eigenvalue weighted by atomic mass is 35.5. The number of anilines is 1. The van der Waals surface area contributed by atoms with Gasteiger partial charge >= 0.3 is 6.18 Å². The van der Waals surface area contributed by atoms with E-state index in [2.05, 4.69) is 10.0 Å². The molecule has 10 heteroatoms. The summed E-state index contributed by atoms with van der Waals surface area (Å²) < 4.78 is 65.8.